The van der Waals surface area contributed by atoms with Crippen molar-refractivity contribution in [3.8, 4) is 50.6 Å². The average Bonchev–Trinajstić information content (AvgIpc) is 3.76. The molecule has 0 bridgehead atoms. The molecule has 8 rings (SSSR count). The summed E-state index contributed by atoms with van der Waals surface area (Å²) in [7, 11) is 0. The van der Waals surface area contributed by atoms with Crippen LogP contribution in [0.4, 0.5) is 0 Å². The lowest BCUT2D eigenvalue weighted by atomic mass is 9.85. The Morgan fingerprint density at radius 1 is 0.686 bits per heavy atom. The highest BCUT2D eigenvalue weighted by atomic mass is 16.4. The number of para-hydroxylation sites is 1. The third kappa shape index (κ3) is 5.89. The maximum absolute atomic E-state index is 12.5. The summed E-state index contributed by atoms with van der Waals surface area (Å²) >= 11 is 0. The number of imidazole rings is 1. The normalized spacial score (nSPS) is 11.8. The molecule has 0 unspecified atom stereocenters. The number of H-pyrrole nitrogens is 1. The molecular weight excluding hydrogens is 629 g/mol. The van der Waals surface area contributed by atoms with Gasteiger partial charge in [0.25, 0.3) is 0 Å². The lowest BCUT2D eigenvalue weighted by molar-refractivity contribution is 0.0690. The van der Waals surface area contributed by atoms with E-state index in [0.717, 1.165) is 78.0 Å². The number of hydrogen-bond donors (Lipinski definition) is 2. The monoisotopic (exact) mass is 666 g/mol. The molecule has 250 valence electrons. The van der Waals surface area contributed by atoms with E-state index in [1.807, 2.05) is 44.3 Å². The van der Waals surface area contributed by atoms with Crippen molar-refractivity contribution in [3.05, 3.63) is 150 Å². The molecule has 0 spiro atoms. The van der Waals surface area contributed by atoms with Crippen LogP contribution in [-0.4, -0.2) is 30.6 Å². The number of carboxylic acids is 1. The number of aryl methyl sites for hydroxylation is 2. The molecule has 0 aliphatic carbocycles. The van der Waals surface area contributed by atoms with Crippen molar-refractivity contribution in [2.24, 2.45) is 0 Å². The van der Waals surface area contributed by atoms with E-state index in [-0.39, 0.29) is 11.1 Å². The van der Waals surface area contributed by atoms with Crippen molar-refractivity contribution < 1.29 is 9.90 Å². The van der Waals surface area contributed by atoms with Crippen molar-refractivity contribution in [3.63, 3.8) is 0 Å². The summed E-state index contributed by atoms with van der Waals surface area (Å²) in [6, 6.07) is 41.5. The van der Waals surface area contributed by atoms with Gasteiger partial charge in [-0.2, -0.15) is 0 Å². The fourth-order valence-electron chi connectivity index (χ4n) is 7.07. The summed E-state index contributed by atoms with van der Waals surface area (Å²) < 4.78 is 2.22. The summed E-state index contributed by atoms with van der Waals surface area (Å²) in [4.78, 5) is 26.1. The number of nitrogens with zero attached hydrogens (tertiary/aromatic N) is 3. The second kappa shape index (κ2) is 12.3. The van der Waals surface area contributed by atoms with Gasteiger partial charge in [-0.05, 0) is 95.6 Å². The molecule has 51 heavy (non-hydrogen) atoms. The number of aromatic nitrogens is 4. The predicted octanol–water partition coefficient (Wildman–Crippen LogP) is 11.2. The van der Waals surface area contributed by atoms with Gasteiger partial charge in [0.2, 0.25) is 0 Å². The van der Waals surface area contributed by atoms with Crippen LogP contribution < -0.4 is 0 Å². The van der Waals surface area contributed by atoms with Crippen molar-refractivity contribution in [1.82, 2.24) is 19.5 Å². The summed E-state index contributed by atoms with van der Waals surface area (Å²) in [6.45, 7) is 10.8. The van der Waals surface area contributed by atoms with Crippen molar-refractivity contribution in [1.29, 1.82) is 0 Å². The Hall–Kier alpha value is -6.27. The van der Waals surface area contributed by atoms with E-state index in [9.17, 15) is 9.90 Å². The molecule has 3 heterocycles. The number of rotatable bonds is 6. The molecule has 0 aliphatic rings. The fourth-order valence-corrected chi connectivity index (χ4v) is 7.07. The molecule has 6 nitrogen and oxygen atoms in total. The molecule has 2 N–H and O–H groups in total. The number of benzene rings is 5. The lowest BCUT2D eigenvalue weighted by Gasteiger charge is -2.21. The van der Waals surface area contributed by atoms with Gasteiger partial charge < -0.3 is 10.1 Å². The first-order valence-electron chi connectivity index (χ1n) is 17.2. The first kappa shape index (κ1) is 32.0. The van der Waals surface area contributed by atoms with Crippen molar-refractivity contribution >= 4 is 27.9 Å². The molecule has 0 fully saturated rings. The third-order valence-corrected chi connectivity index (χ3v) is 9.54. The summed E-state index contributed by atoms with van der Waals surface area (Å²) in [5, 5.41) is 11.3. The molecular formula is C45H38N4O2. The van der Waals surface area contributed by atoms with Gasteiger partial charge >= 0.3 is 5.97 Å². The molecule has 0 atom stereocenters. The maximum atomic E-state index is 12.5. The van der Waals surface area contributed by atoms with Gasteiger partial charge in [-0.25, -0.2) is 14.8 Å². The average molecular weight is 667 g/mol. The van der Waals surface area contributed by atoms with Crippen LogP contribution in [0.1, 0.15) is 48.0 Å². The van der Waals surface area contributed by atoms with Crippen LogP contribution >= 0.6 is 0 Å². The van der Waals surface area contributed by atoms with E-state index in [4.69, 9.17) is 9.97 Å². The van der Waals surface area contributed by atoms with Crippen molar-refractivity contribution in [2.45, 2.75) is 40.0 Å². The largest absolute Gasteiger partial charge is 0.477 e. The number of hydrogen-bond acceptors (Lipinski definition) is 3. The van der Waals surface area contributed by atoms with Gasteiger partial charge in [0.1, 0.15) is 11.5 Å². The molecule has 0 aliphatic heterocycles. The minimum atomic E-state index is -1.08. The van der Waals surface area contributed by atoms with Gasteiger partial charge in [0, 0.05) is 28.4 Å². The molecule has 0 radical (unpaired) electrons. The number of nitrogens with one attached hydrogen (secondary N) is 1. The zero-order valence-corrected chi connectivity index (χ0v) is 29.3. The van der Waals surface area contributed by atoms with Crippen LogP contribution in [0.15, 0.2) is 128 Å². The number of fused-ring (bicyclic) bond motifs is 2. The van der Waals surface area contributed by atoms with Crippen molar-refractivity contribution in [2.75, 3.05) is 0 Å². The van der Waals surface area contributed by atoms with Crippen LogP contribution in [0, 0.1) is 13.8 Å². The van der Waals surface area contributed by atoms with Gasteiger partial charge in [-0.3, -0.25) is 4.57 Å². The zero-order chi connectivity index (χ0) is 35.4. The number of carboxylic acid groups (broad SMARTS) is 1. The zero-order valence-electron chi connectivity index (χ0n) is 29.3. The Morgan fingerprint density at radius 3 is 2.16 bits per heavy atom. The first-order valence-corrected chi connectivity index (χ1v) is 17.2. The number of aromatic amines is 1. The van der Waals surface area contributed by atoms with Crippen LogP contribution in [0.3, 0.4) is 0 Å². The Balaban J connectivity index is 1.43. The molecule has 0 saturated heterocycles. The second-order valence-electron chi connectivity index (χ2n) is 14.4. The minimum absolute atomic E-state index is 0.0140. The fraction of sp³-hybridized carbons (Fsp3) is 0.133. The maximum Gasteiger partial charge on any atom is 0.354 e. The quantitative estimate of drug-likeness (QED) is 0.185. The van der Waals surface area contributed by atoms with Gasteiger partial charge in [-0.15, -0.1) is 0 Å². The van der Waals surface area contributed by atoms with Crippen LogP contribution in [-0.2, 0) is 5.41 Å². The Bertz CT molecular complexity index is 2600. The third-order valence-electron chi connectivity index (χ3n) is 9.54. The minimum Gasteiger partial charge on any atom is -0.477 e. The number of aromatic carboxylic acids is 1. The summed E-state index contributed by atoms with van der Waals surface area (Å²) in [6.07, 6.45) is 1.98. The lowest BCUT2D eigenvalue weighted by Crippen LogP contribution is -2.11. The van der Waals surface area contributed by atoms with E-state index in [0.29, 0.717) is 5.69 Å². The van der Waals surface area contributed by atoms with Crippen LogP contribution in [0.5, 0.6) is 0 Å². The summed E-state index contributed by atoms with van der Waals surface area (Å²) in [5.74, 6) is -0.295. The number of pyridine rings is 1. The molecule has 0 amide bonds. The predicted molar refractivity (Wildman–Crippen MR) is 208 cm³/mol. The van der Waals surface area contributed by atoms with E-state index in [1.165, 1.54) is 5.56 Å². The van der Waals surface area contributed by atoms with E-state index in [1.54, 1.807) is 6.07 Å². The Labute approximate surface area is 297 Å². The Morgan fingerprint density at radius 2 is 1.41 bits per heavy atom. The highest BCUT2D eigenvalue weighted by Gasteiger charge is 2.24. The highest BCUT2D eigenvalue weighted by Crippen LogP contribution is 2.40. The highest BCUT2D eigenvalue weighted by molar-refractivity contribution is 6.00. The topological polar surface area (TPSA) is 83.8 Å². The van der Waals surface area contributed by atoms with Gasteiger partial charge in [0.05, 0.1) is 22.2 Å². The first-order chi connectivity index (χ1) is 24.5. The van der Waals surface area contributed by atoms with E-state index >= 15 is 0 Å². The molecule has 6 heteroatoms. The summed E-state index contributed by atoms with van der Waals surface area (Å²) in [5.41, 5.74) is 13.2. The number of carbonyl (C=O) groups is 1. The molecule has 5 aromatic carbocycles. The smallest absolute Gasteiger partial charge is 0.354 e. The van der Waals surface area contributed by atoms with Crippen LogP contribution in [0.25, 0.3) is 72.5 Å². The standard InChI is InChI=1S/C45H38N4O2/c1-27-19-28(2)21-32(20-27)33-24-38(47-39(25-33)44(50)51)36-15-10-16-40-42(36)48-43(37-26-34(45(3,4)5)22-31-17-18-46-41(31)37)49(40)35-14-9-13-30(23-35)29-11-7-6-8-12-29/h6-26,46H,1-5H3,(H,50,51). The second-order valence-corrected chi connectivity index (χ2v) is 14.4. The molecule has 0 saturated carbocycles. The van der Waals surface area contributed by atoms with Gasteiger partial charge in [0.15, 0.2) is 0 Å². The SMILES string of the molecule is Cc1cc(C)cc(-c2cc(C(=O)O)nc(-c3cccc4c3nc(-c3cc(C(C)(C)C)cc5cc[nH]c35)n4-c3cccc(-c4ccccc4)c3)c2)c1. The Kier molecular flexibility index (Phi) is 7.68. The molecule has 3 aromatic heterocycles. The van der Waals surface area contributed by atoms with E-state index in [2.05, 4.69) is 121 Å². The van der Waals surface area contributed by atoms with Gasteiger partial charge in [-0.1, -0.05) is 105 Å². The van der Waals surface area contributed by atoms with Crippen LogP contribution in [0.2, 0.25) is 0 Å². The molecule has 8 aromatic rings. The van der Waals surface area contributed by atoms with E-state index < -0.39 is 5.97 Å².